The molecule has 1 aliphatic heterocycles. The van der Waals surface area contributed by atoms with Crippen LogP contribution in [0.25, 0.3) is 0 Å². The third-order valence-electron chi connectivity index (χ3n) is 3.87. The number of nitrogens with zero attached hydrogens (tertiary/aromatic N) is 2. The molecule has 0 saturated heterocycles. The van der Waals surface area contributed by atoms with E-state index in [9.17, 15) is 18.4 Å². The molecule has 6 nitrogen and oxygen atoms in total. The van der Waals surface area contributed by atoms with Crippen molar-refractivity contribution >= 4 is 40.7 Å². The Labute approximate surface area is 158 Å². The Balaban J connectivity index is 1.82. The topological polar surface area (TPSA) is 87.8 Å². The van der Waals surface area contributed by atoms with E-state index in [2.05, 4.69) is 10.4 Å². The highest BCUT2D eigenvalue weighted by molar-refractivity contribution is 7.99. The maximum Gasteiger partial charge on any atom is 0.288 e. The Bertz CT molecular complexity index is 877. The summed E-state index contributed by atoms with van der Waals surface area (Å²) < 4.78 is 25.4. The first kappa shape index (κ1) is 18.8. The van der Waals surface area contributed by atoms with E-state index >= 15 is 0 Å². The Morgan fingerprint density at radius 2 is 1.81 bits per heavy atom. The lowest BCUT2D eigenvalue weighted by molar-refractivity contribution is -0.119. The molecule has 0 bridgehead atoms. The third-order valence-corrected chi connectivity index (χ3v) is 4.66. The van der Waals surface area contributed by atoms with Gasteiger partial charge in [-0.1, -0.05) is 42.1 Å². The second kappa shape index (κ2) is 8.17. The van der Waals surface area contributed by atoms with Gasteiger partial charge in [0.1, 0.15) is 11.8 Å². The number of benzene rings is 2. The highest BCUT2D eigenvalue weighted by atomic mass is 32.2. The first-order valence-electron chi connectivity index (χ1n) is 8.02. The molecule has 0 saturated carbocycles. The van der Waals surface area contributed by atoms with Gasteiger partial charge in [-0.15, -0.1) is 0 Å². The van der Waals surface area contributed by atoms with E-state index in [0.717, 1.165) is 0 Å². The summed E-state index contributed by atoms with van der Waals surface area (Å²) in [5.41, 5.74) is 6.42. The number of primary amides is 1. The maximum atomic E-state index is 12.7. The molecule has 140 valence electrons. The average molecular weight is 390 g/mol. The van der Waals surface area contributed by atoms with Gasteiger partial charge in [-0.05, 0) is 24.3 Å². The van der Waals surface area contributed by atoms with Crippen LogP contribution < -0.4 is 16.1 Å². The van der Waals surface area contributed by atoms with Gasteiger partial charge in [0.05, 0.1) is 11.4 Å². The van der Waals surface area contributed by atoms with Crippen molar-refractivity contribution < 1.29 is 18.4 Å². The number of hydrogen-bond acceptors (Lipinski definition) is 5. The summed E-state index contributed by atoms with van der Waals surface area (Å²) in [6.07, 6.45) is 0.0280. The van der Waals surface area contributed by atoms with Gasteiger partial charge in [0, 0.05) is 11.3 Å². The number of amides is 2. The standard InChI is InChI=1S/C18H16F2N4O2S/c19-18(20)27-15-9-5-4-8-12(15)22-17(26)13-10-14(16(21)25)24(23-13)11-6-2-1-3-7-11/h1-9,14,18H,10H2,(H2,21,25)(H,22,26). The van der Waals surface area contributed by atoms with Crippen LogP contribution >= 0.6 is 11.8 Å². The number of carbonyl (C=O) groups excluding carboxylic acids is 2. The van der Waals surface area contributed by atoms with Crippen molar-refractivity contribution in [2.45, 2.75) is 23.1 Å². The van der Waals surface area contributed by atoms with Crippen molar-refractivity contribution in [3.8, 4) is 0 Å². The Morgan fingerprint density at radius 3 is 2.48 bits per heavy atom. The van der Waals surface area contributed by atoms with E-state index in [0.29, 0.717) is 17.4 Å². The van der Waals surface area contributed by atoms with Crippen LogP contribution in [0.3, 0.4) is 0 Å². The van der Waals surface area contributed by atoms with Gasteiger partial charge >= 0.3 is 0 Å². The largest absolute Gasteiger partial charge is 0.368 e. The van der Waals surface area contributed by atoms with Gasteiger partial charge in [-0.3, -0.25) is 14.6 Å². The van der Waals surface area contributed by atoms with Gasteiger partial charge in [-0.25, -0.2) is 0 Å². The number of alkyl halides is 2. The van der Waals surface area contributed by atoms with Crippen LogP contribution in [0.1, 0.15) is 6.42 Å². The monoisotopic (exact) mass is 390 g/mol. The highest BCUT2D eigenvalue weighted by Crippen LogP contribution is 2.32. The number of nitrogens with two attached hydrogens (primary N) is 1. The average Bonchev–Trinajstić information content (AvgIpc) is 3.09. The Hall–Kier alpha value is -2.94. The minimum atomic E-state index is -2.61. The van der Waals surface area contributed by atoms with Crippen LogP contribution in [0.5, 0.6) is 0 Å². The molecule has 0 spiro atoms. The van der Waals surface area contributed by atoms with Crippen LogP contribution in [-0.2, 0) is 9.59 Å². The number of rotatable bonds is 6. The second-order valence-electron chi connectivity index (χ2n) is 5.68. The molecule has 0 aliphatic carbocycles. The van der Waals surface area contributed by atoms with Gasteiger partial charge < -0.3 is 11.1 Å². The van der Waals surface area contributed by atoms with Crippen molar-refractivity contribution in [2.75, 3.05) is 10.3 Å². The van der Waals surface area contributed by atoms with Crippen LogP contribution in [0.4, 0.5) is 20.2 Å². The zero-order chi connectivity index (χ0) is 19.4. The molecule has 2 aromatic carbocycles. The molecule has 1 atom stereocenters. The van der Waals surface area contributed by atoms with Crippen LogP contribution in [0.2, 0.25) is 0 Å². The van der Waals surface area contributed by atoms with Gasteiger partial charge in [0.2, 0.25) is 5.91 Å². The van der Waals surface area contributed by atoms with E-state index in [1.54, 1.807) is 36.4 Å². The SMILES string of the molecule is NC(=O)C1CC(C(=O)Nc2ccccc2SC(F)F)=NN1c1ccccc1. The second-order valence-corrected chi connectivity index (χ2v) is 6.71. The molecule has 0 fully saturated rings. The lowest BCUT2D eigenvalue weighted by Gasteiger charge is -2.20. The molecule has 0 aromatic heterocycles. The van der Waals surface area contributed by atoms with Crippen molar-refractivity contribution in [1.29, 1.82) is 0 Å². The lowest BCUT2D eigenvalue weighted by atomic mass is 10.1. The Kier molecular flexibility index (Phi) is 5.70. The highest BCUT2D eigenvalue weighted by Gasteiger charge is 2.35. The number of anilines is 2. The van der Waals surface area contributed by atoms with Crippen molar-refractivity contribution in [3.05, 3.63) is 54.6 Å². The van der Waals surface area contributed by atoms with Crippen LogP contribution in [0, 0.1) is 0 Å². The zero-order valence-electron chi connectivity index (χ0n) is 14.0. The molecular weight excluding hydrogens is 374 g/mol. The molecule has 27 heavy (non-hydrogen) atoms. The number of carbonyl (C=O) groups is 2. The molecule has 1 aliphatic rings. The van der Waals surface area contributed by atoms with E-state index in [1.165, 1.54) is 17.1 Å². The van der Waals surface area contributed by atoms with Crippen molar-refractivity contribution in [3.63, 3.8) is 0 Å². The molecular formula is C18H16F2N4O2S. The molecule has 1 unspecified atom stereocenters. The zero-order valence-corrected chi connectivity index (χ0v) is 14.8. The number of thioether (sulfide) groups is 1. The van der Waals surface area contributed by atoms with E-state index in [1.807, 2.05) is 6.07 Å². The summed E-state index contributed by atoms with van der Waals surface area (Å²) in [5.74, 6) is -3.79. The van der Waals surface area contributed by atoms with Crippen molar-refractivity contribution in [1.82, 2.24) is 0 Å². The fraction of sp³-hybridized carbons (Fsp3) is 0.167. The summed E-state index contributed by atoms with van der Waals surface area (Å²) in [6.45, 7) is 0. The quantitative estimate of drug-likeness (QED) is 0.742. The number of hydrogen-bond donors (Lipinski definition) is 2. The number of nitrogens with one attached hydrogen (secondary N) is 1. The van der Waals surface area contributed by atoms with Crippen LogP contribution in [0.15, 0.2) is 64.6 Å². The van der Waals surface area contributed by atoms with E-state index in [-0.39, 0.29) is 22.7 Å². The van der Waals surface area contributed by atoms with E-state index < -0.39 is 23.6 Å². The molecule has 3 rings (SSSR count). The molecule has 9 heteroatoms. The summed E-state index contributed by atoms with van der Waals surface area (Å²) in [7, 11) is 0. The molecule has 1 heterocycles. The summed E-state index contributed by atoms with van der Waals surface area (Å²) in [6, 6.07) is 14.3. The first-order chi connectivity index (χ1) is 13.0. The lowest BCUT2D eigenvalue weighted by Crippen LogP contribution is -2.39. The molecule has 0 radical (unpaired) electrons. The fourth-order valence-corrected chi connectivity index (χ4v) is 3.25. The Morgan fingerprint density at radius 1 is 1.15 bits per heavy atom. The predicted molar refractivity (Wildman–Crippen MR) is 101 cm³/mol. The third kappa shape index (κ3) is 4.43. The van der Waals surface area contributed by atoms with Gasteiger partial charge in [0.25, 0.3) is 11.7 Å². The normalized spacial score (nSPS) is 16.3. The molecule has 3 N–H and O–H groups in total. The van der Waals surface area contributed by atoms with Crippen LogP contribution in [-0.4, -0.2) is 29.3 Å². The van der Waals surface area contributed by atoms with Gasteiger partial charge in [-0.2, -0.15) is 13.9 Å². The predicted octanol–water partition coefficient (Wildman–Crippen LogP) is 3.06. The number of hydrazone groups is 1. The summed E-state index contributed by atoms with van der Waals surface area (Å²) >= 11 is 0.340. The molecule has 2 aromatic rings. The van der Waals surface area contributed by atoms with Crippen molar-refractivity contribution in [2.24, 2.45) is 10.8 Å². The maximum absolute atomic E-state index is 12.7. The minimum absolute atomic E-state index is 0.0280. The van der Waals surface area contributed by atoms with Gasteiger partial charge in [0.15, 0.2) is 0 Å². The number of halogens is 2. The fourth-order valence-electron chi connectivity index (χ4n) is 2.65. The molecule has 2 amide bonds. The number of para-hydroxylation sites is 2. The van der Waals surface area contributed by atoms with E-state index in [4.69, 9.17) is 5.73 Å². The summed E-state index contributed by atoms with van der Waals surface area (Å²) in [5, 5.41) is 8.22. The smallest absolute Gasteiger partial charge is 0.288 e. The first-order valence-corrected chi connectivity index (χ1v) is 8.90. The minimum Gasteiger partial charge on any atom is -0.368 e. The summed E-state index contributed by atoms with van der Waals surface area (Å²) in [4.78, 5) is 24.6.